The molecule has 118 valence electrons. The third kappa shape index (κ3) is 6.92. The molecule has 0 saturated heterocycles. The number of carbonyl (C=O) groups excluding carboxylic acids is 1. The quantitative estimate of drug-likeness (QED) is 0.616. The number of aryl methyl sites for hydroxylation is 1. The summed E-state index contributed by atoms with van der Waals surface area (Å²) in [6.07, 6.45) is 3.24. The largest absolute Gasteiger partial charge is 0.370 e. The summed E-state index contributed by atoms with van der Waals surface area (Å²) in [6.45, 7) is 8.37. The van der Waals surface area contributed by atoms with Crippen LogP contribution >= 0.6 is 0 Å². The highest BCUT2D eigenvalue weighted by atomic mass is 16.1. The first kappa shape index (κ1) is 17.2. The summed E-state index contributed by atoms with van der Waals surface area (Å²) in [6, 6.07) is 1.89. The van der Waals surface area contributed by atoms with E-state index in [0.29, 0.717) is 13.0 Å². The fourth-order valence-corrected chi connectivity index (χ4v) is 1.75. The Morgan fingerprint density at radius 1 is 1.00 bits per heavy atom. The van der Waals surface area contributed by atoms with Gasteiger partial charge in [0.25, 0.3) is 0 Å². The van der Waals surface area contributed by atoms with Gasteiger partial charge in [0.2, 0.25) is 5.91 Å². The highest BCUT2D eigenvalue weighted by molar-refractivity contribution is 5.76. The minimum absolute atomic E-state index is 0.0680. The minimum atomic E-state index is 0.0680. The molecule has 0 aliphatic heterocycles. The zero-order chi connectivity index (χ0) is 15.5. The second kappa shape index (κ2) is 9.96. The van der Waals surface area contributed by atoms with Gasteiger partial charge < -0.3 is 16.0 Å². The molecule has 0 unspecified atom stereocenters. The molecule has 1 rings (SSSR count). The van der Waals surface area contributed by atoms with Crippen molar-refractivity contribution in [1.82, 2.24) is 15.3 Å². The first-order valence-corrected chi connectivity index (χ1v) is 7.81. The average Bonchev–Trinajstić information content (AvgIpc) is 2.50. The molecule has 1 amide bonds. The van der Waals surface area contributed by atoms with Crippen molar-refractivity contribution < 1.29 is 4.79 Å². The number of hydrogen-bond donors (Lipinski definition) is 3. The first-order chi connectivity index (χ1) is 10.2. The van der Waals surface area contributed by atoms with Gasteiger partial charge in [0.15, 0.2) is 0 Å². The van der Waals surface area contributed by atoms with E-state index in [2.05, 4.69) is 32.8 Å². The fourth-order valence-electron chi connectivity index (χ4n) is 1.75. The maximum Gasteiger partial charge on any atom is 0.221 e. The number of anilines is 2. The van der Waals surface area contributed by atoms with Gasteiger partial charge in [-0.3, -0.25) is 4.79 Å². The van der Waals surface area contributed by atoms with Crippen molar-refractivity contribution in [2.75, 3.05) is 30.3 Å². The average molecular weight is 293 g/mol. The molecule has 0 radical (unpaired) electrons. The molecule has 0 aliphatic rings. The molecule has 0 aromatic carbocycles. The molecule has 21 heavy (non-hydrogen) atoms. The lowest BCUT2D eigenvalue weighted by molar-refractivity contribution is -0.120. The Labute approximate surface area is 127 Å². The topological polar surface area (TPSA) is 78.9 Å². The number of aromatic nitrogens is 2. The molecular formula is C15H27N5O. The van der Waals surface area contributed by atoms with Crippen LogP contribution in [0.15, 0.2) is 6.07 Å². The van der Waals surface area contributed by atoms with Gasteiger partial charge in [0.1, 0.15) is 17.5 Å². The van der Waals surface area contributed by atoms with Crippen LogP contribution in [0.5, 0.6) is 0 Å². The monoisotopic (exact) mass is 293 g/mol. The third-order valence-electron chi connectivity index (χ3n) is 2.88. The van der Waals surface area contributed by atoms with E-state index in [9.17, 15) is 4.79 Å². The molecule has 0 bridgehead atoms. The van der Waals surface area contributed by atoms with Crippen molar-refractivity contribution in [2.24, 2.45) is 0 Å². The van der Waals surface area contributed by atoms with Crippen LogP contribution in [0.4, 0.5) is 11.6 Å². The number of nitrogens with one attached hydrogen (secondary N) is 3. The van der Waals surface area contributed by atoms with Crippen LogP contribution < -0.4 is 16.0 Å². The Morgan fingerprint density at radius 2 is 1.62 bits per heavy atom. The van der Waals surface area contributed by atoms with Gasteiger partial charge in [-0.15, -0.1) is 0 Å². The summed E-state index contributed by atoms with van der Waals surface area (Å²) in [4.78, 5) is 20.4. The molecule has 6 nitrogen and oxygen atoms in total. The normalized spacial score (nSPS) is 10.2. The lowest BCUT2D eigenvalue weighted by atomic mass is 10.3. The van der Waals surface area contributed by atoms with E-state index < -0.39 is 0 Å². The predicted molar refractivity (Wildman–Crippen MR) is 86.6 cm³/mol. The van der Waals surface area contributed by atoms with E-state index in [-0.39, 0.29) is 5.91 Å². The van der Waals surface area contributed by atoms with E-state index in [4.69, 9.17) is 0 Å². The smallest absolute Gasteiger partial charge is 0.221 e. The Hall–Kier alpha value is -1.85. The van der Waals surface area contributed by atoms with Gasteiger partial charge in [-0.25, -0.2) is 9.97 Å². The van der Waals surface area contributed by atoms with E-state index in [1.54, 1.807) is 0 Å². The lowest BCUT2D eigenvalue weighted by Gasteiger charge is -2.10. The molecule has 6 heteroatoms. The summed E-state index contributed by atoms with van der Waals surface area (Å²) < 4.78 is 0. The molecule has 0 fully saturated rings. The van der Waals surface area contributed by atoms with Gasteiger partial charge in [-0.2, -0.15) is 0 Å². The van der Waals surface area contributed by atoms with Crippen LogP contribution in [-0.2, 0) is 11.2 Å². The number of hydrogen-bond acceptors (Lipinski definition) is 5. The van der Waals surface area contributed by atoms with Crippen molar-refractivity contribution in [2.45, 2.75) is 46.5 Å². The second-order valence-corrected chi connectivity index (χ2v) is 4.86. The van der Waals surface area contributed by atoms with E-state index >= 15 is 0 Å². The molecule has 3 N–H and O–H groups in total. The van der Waals surface area contributed by atoms with Crippen LogP contribution in [0, 0.1) is 0 Å². The van der Waals surface area contributed by atoms with Crippen LogP contribution in [0.3, 0.4) is 0 Å². The molecule has 0 spiro atoms. The zero-order valence-corrected chi connectivity index (χ0v) is 13.3. The minimum Gasteiger partial charge on any atom is -0.370 e. The standard InChI is InChI=1S/C15H27N5O/c1-4-8-16-13-11-14(20-12(6-3)19-13)17-10-7-15(21)18-9-5-2/h11H,4-10H2,1-3H3,(H,18,21)(H2,16,17,19,20). The summed E-state index contributed by atoms with van der Waals surface area (Å²) in [5.74, 6) is 2.47. The third-order valence-corrected chi connectivity index (χ3v) is 2.88. The van der Waals surface area contributed by atoms with Crippen LogP contribution in [0.25, 0.3) is 0 Å². The highest BCUT2D eigenvalue weighted by Gasteiger charge is 2.04. The summed E-state index contributed by atoms with van der Waals surface area (Å²) in [5, 5.41) is 9.31. The fraction of sp³-hybridized carbons (Fsp3) is 0.667. The molecule has 1 heterocycles. The Balaban J connectivity index is 2.51. The molecule has 1 aromatic heterocycles. The van der Waals surface area contributed by atoms with Gasteiger partial charge >= 0.3 is 0 Å². The van der Waals surface area contributed by atoms with Crippen molar-refractivity contribution in [1.29, 1.82) is 0 Å². The molecule has 0 aliphatic carbocycles. The van der Waals surface area contributed by atoms with Crippen molar-refractivity contribution in [3.05, 3.63) is 11.9 Å². The number of rotatable bonds is 10. The van der Waals surface area contributed by atoms with Crippen LogP contribution in [-0.4, -0.2) is 35.5 Å². The predicted octanol–water partition coefficient (Wildman–Crippen LogP) is 2.19. The van der Waals surface area contributed by atoms with Gasteiger partial charge in [0.05, 0.1) is 0 Å². The molecular weight excluding hydrogens is 266 g/mol. The van der Waals surface area contributed by atoms with Gasteiger partial charge in [-0.1, -0.05) is 20.8 Å². The molecule has 1 aromatic rings. The SMILES string of the molecule is CCCNC(=O)CCNc1cc(NCCC)nc(CC)n1. The second-order valence-electron chi connectivity index (χ2n) is 4.86. The molecule has 0 atom stereocenters. The Kier molecular flexibility index (Phi) is 8.16. The Morgan fingerprint density at radius 3 is 2.19 bits per heavy atom. The van der Waals surface area contributed by atoms with E-state index in [1.807, 2.05) is 19.9 Å². The number of nitrogens with zero attached hydrogens (tertiary/aromatic N) is 2. The summed E-state index contributed by atoms with van der Waals surface area (Å²) >= 11 is 0. The lowest BCUT2D eigenvalue weighted by Crippen LogP contribution is -2.26. The van der Waals surface area contributed by atoms with Gasteiger partial charge in [0, 0.05) is 38.5 Å². The first-order valence-electron chi connectivity index (χ1n) is 7.81. The highest BCUT2D eigenvalue weighted by Crippen LogP contribution is 2.12. The number of carbonyl (C=O) groups is 1. The Bertz CT molecular complexity index is 436. The molecule has 0 saturated carbocycles. The van der Waals surface area contributed by atoms with Gasteiger partial charge in [-0.05, 0) is 12.8 Å². The zero-order valence-electron chi connectivity index (χ0n) is 13.3. The maximum absolute atomic E-state index is 11.5. The van der Waals surface area contributed by atoms with Crippen LogP contribution in [0.2, 0.25) is 0 Å². The van der Waals surface area contributed by atoms with Crippen LogP contribution in [0.1, 0.15) is 45.9 Å². The summed E-state index contributed by atoms with van der Waals surface area (Å²) in [7, 11) is 0. The summed E-state index contributed by atoms with van der Waals surface area (Å²) in [5.41, 5.74) is 0. The van der Waals surface area contributed by atoms with E-state index in [0.717, 1.165) is 49.8 Å². The van der Waals surface area contributed by atoms with E-state index in [1.165, 1.54) is 0 Å². The number of amides is 1. The van der Waals surface area contributed by atoms with Crippen molar-refractivity contribution in [3.8, 4) is 0 Å². The maximum atomic E-state index is 11.5. The van der Waals surface area contributed by atoms with Crippen molar-refractivity contribution >= 4 is 17.5 Å². The van der Waals surface area contributed by atoms with Crippen molar-refractivity contribution in [3.63, 3.8) is 0 Å².